The van der Waals surface area contributed by atoms with Gasteiger partial charge in [-0.1, -0.05) is 53.4 Å². The number of alkyl halides is 1. The Balaban J connectivity index is 2.19. The molecule has 2 unspecified atom stereocenters. The van der Waals surface area contributed by atoms with Gasteiger partial charge in [-0.2, -0.15) is 0 Å². The predicted molar refractivity (Wildman–Crippen MR) is 83.0 cm³/mol. The third-order valence-electron chi connectivity index (χ3n) is 3.92. The van der Waals surface area contributed by atoms with Crippen molar-refractivity contribution in [2.24, 2.45) is 5.92 Å². The van der Waals surface area contributed by atoms with Crippen molar-refractivity contribution in [3.8, 4) is 0 Å². The first-order valence-corrected chi connectivity index (χ1v) is 8.30. The first-order chi connectivity index (χ1) is 9.47. The number of nitrogens with one attached hydrogen (secondary N) is 1. The molecule has 1 aromatic carbocycles. The van der Waals surface area contributed by atoms with E-state index in [0.29, 0.717) is 11.2 Å². The Bertz CT molecular complexity index is 511. The molecule has 2 atom stereocenters. The zero-order valence-corrected chi connectivity index (χ0v) is 13.7. The number of rotatable bonds is 3. The van der Waals surface area contributed by atoms with Crippen LogP contribution in [0.3, 0.4) is 0 Å². The van der Waals surface area contributed by atoms with Crippen LogP contribution >= 0.6 is 27.5 Å². The molecule has 0 aliphatic heterocycles. The second-order valence-electron chi connectivity index (χ2n) is 5.67. The van der Waals surface area contributed by atoms with Crippen LogP contribution in [0.5, 0.6) is 0 Å². The first-order valence-electron chi connectivity index (χ1n) is 6.80. The van der Waals surface area contributed by atoms with E-state index in [1.165, 1.54) is 18.6 Å². The molecule has 1 fully saturated rings. The quantitative estimate of drug-likeness (QED) is 0.785. The monoisotopic (exact) mass is 361 g/mol. The van der Waals surface area contributed by atoms with Gasteiger partial charge in [0.05, 0.1) is 16.1 Å². The van der Waals surface area contributed by atoms with Crippen LogP contribution in [-0.2, 0) is 0 Å². The fourth-order valence-electron chi connectivity index (χ4n) is 2.92. The van der Waals surface area contributed by atoms with E-state index in [1.54, 1.807) is 6.07 Å². The molecule has 1 N–H and O–H groups in total. The highest BCUT2D eigenvalue weighted by Gasteiger charge is 2.36. The smallest absolute Gasteiger partial charge is 0.254 e. The molecule has 110 valence electrons. The van der Waals surface area contributed by atoms with Gasteiger partial charge in [-0.3, -0.25) is 4.79 Å². The molecule has 0 aromatic heterocycles. The van der Waals surface area contributed by atoms with Crippen molar-refractivity contribution in [3.05, 3.63) is 34.6 Å². The molecule has 1 saturated carbocycles. The summed E-state index contributed by atoms with van der Waals surface area (Å²) in [6, 6.07) is 4.49. The van der Waals surface area contributed by atoms with E-state index in [4.69, 9.17) is 11.6 Å². The zero-order chi connectivity index (χ0) is 14.8. The van der Waals surface area contributed by atoms with Gasteiger partial charge in [0.2, 0.25) is 0 Å². The van der Waals surface area contributed by atoms with Crippen LogP contribution in [0.2, 0.25) is 5.02 Å². The van der Waals surface area contributed by atoms with Crippen molar-refractivity contribution in [1.29, 1.82) is 0 Å². The number of carbonyl (C=O) groups is 1. The number of hydrogen-bond donors (Lipinski definition) is 1. The van der Waals surface area contributed by atoms with E-state index in [2.05, 4.69) is 28.2 Å². The van der Waals surface area contributed by atoms with Gasteiger partial charge in [0, 0.05) is 5.33 Å². The average Bonchev–Trinajstić information content (AvgIpc) is 2.41. The van der Waals surface area contributed by atoms with Crippen LogP contribution in [0.25, 0.3) is 0 Å². The third kappa shape index (κ3) is 3.34. The number of amides is 1. The largest absolute Gasteiger partial charge is 0.346 e. The summed E-state index contributed by atoms with van der Waals surface area (Å²) in [4.78, 5) is 12.3. The maximum Gasteiger partial charge on any atom is 0.254 e. The van der Waals surface area contributed by atoms with Crippen LogP contribution in [0, 0.1) is 11.7 Å². The molecule has 0 heterocycles. The van der Waals surface area contributed by atoms with Gasteiger partial charge in [0.15, 0.2) is 5.82 Å². The molecular formula is C15H18BrClFNO. The standard InChI is InChI=1S/C15H18BrClFNO/c1-10-4-3-7-15(8-10,9-16)19-14(20)11-5-2-6-12(17)13(11)18/h2,5-6,10H,3-4,7-9H2,1H3,(H,19,20). The Kier molecular flexibility index (Phi) is 5.08. The van der Waals surface area contributed by atoms with Gasteiger partial charge < -0.3 is 5.32 Å². The Morgan fingerprint density at radius 3 is 3.00 bits per heavy atom. The summed E-state index contributed by atoms with van der Waals surface area (Å²) in [6.07, 6.45) is 4.07. The SMILES string of the molecule is CC1CCCC(CBr)(NC(=O)c2cccc(Cl)c2F)C1. The van der Waals surface area contributed by atoms with Crippen molar-refractivity contribution in [2.75, 3.05) is 5.33 Å². The highest BCUT2D eigenvalue weighted by Crippen LogP contribution is 2.34. The minimum atomic E-state index is -0.653. The van der Waals surface area contributed by atoms with Gasteiger partial charge in [0.1, 0.15) is 0 Å². The summed E-state index contributed by atoms with van der Waals surface area (Å²) in [6.45, 7) is 2.18. The van der Waals surface area contributed by atoms with E-state index in [1.807, 2.05) is 0 Å². The van der Waals surface area contributed by atoms with Crippen molar-refractivity contribution in [1.82, 2.24) is 5.32 Å². The maximum absolute atomic E-state index is 13.9. The Morgan fingerprint density at radius 2 is 2.35 bits per heavy atom. The van der Waals surface area contributed by atoms with E-state index in [9.17, 15) is 9.18 Å². The molecule has 1 aliphatic rings. The van der Waals surface area contributed by atoms with Crippen LogP contribution in [0.15, 0.2) is 18.2 Å². The van der Waals surface area contributed by atoms with Crippen LogP contribution in [0.4, 0.5) is 4.39 Å². The lowest BCUT2D eigenvalue weighted by molar-refractivity contribution is 0.0865. The minimum Gasteiger partial charge on any atom is -0.346 e. The zero-order valence-electron chi connectivity index (χ0n) is 11.4. The average molecular weight is 363 g/mol. The first kappa shape index (κ1) is 15.8. The summed E-state index contributed by atoms with van der Waals surface area (Å²) in [5.41, 5.74) is -0.278. The molecule has 2 nitrogen and oxygen atoms in total. The van der Waals surface area contributed by atoms with Crippen molar-refractivity contribution in [3.63, 3.8) is 0 Å². The van der Waals surface area contributed by atoms with E-state index >= 15 is 0 Å². The highest BCUT2D eigenvalue weighted by molar-refractivity contribution is 9.09. The van der Waals surface area contributed by atoms with Crippen molar-refractivity contribution < 1.29 is 9.18 Å². The van der Waals surface area contributed by atoms with Crippen molar-refractivity contribution >= 4 is 33.4 Å². The third-order valence-corrected chi connectivity index (χ3v) is 5.29. The van der Waals surface area contributed by atoms with Gasteiger partial charge >= 0.3 is 0 Å². The van der Waals surface area contributed by atoms with Gasteiger partial charge in [-0.15, -0.1) is 0 Å². The van der Waals surface area contributed by atoms with E-state index in [-0.39, 0.29) is 16.1 Å². The Labute approximate surface area is 132 Å². The van der Waals surface area contributed by atoms with Gasteiger partial charge in [-0.25, -0.2) is 4.39 Å². The summed E-state index contributed by atoms with van der Waals surface area (Å²) < 4.78 is 13.9. The molecule has 0 saturated heterocycles. The summed E-state index contributed by atoms with van der Waals surface area (Å²) in [5, 5.41) is 3.67. The van der Waals surface area contributed by atoms with E-state index in [0.717, 1.165) is 19.3 Å². The van der Waals surface area contributed by atoms with Gasteiger partial charge in [-0.05, 0) is 30.9 Å². The van der Waals surface area contributed by atoms with E-state index < -0.39 is 11.7 Å². The second kappa shape index (κ2) is 6.44. The molecular weight excluding hydrogens is 345 g/mol. The predicted octanol–water partition coefficient (Wildman–Crippen LogP) is 4.55. The lowest BCUT2D eigenvalue weighted by atomic mass is 9.77. The van der Waals surface area contributed by atoms with Gasteiger partial charge in [0.25, 0.3) is 5.91 Å². The molecule has 1 aromatic rings. The number of carbonyl (C=O) groups excluding carboxylic acids is 1. The Morgan fingerprint density at radius 1 is 1.60 bits per heavy atom. The second-order valence-corrected chi connectivity index (χ2v) is 6.64. The molecule has 5 heteroatoms. The van der Waals surface area contributed by atoms with Crippen LogP contribution < -0.4 is 5.32 Å². The number of benzene rings is 1. The molecule has 0 spiro atoms. The summed E-state index contributed by atoms with van der Waals surface area (Å²) in [5.74, 6) is -0.482. The van der Waals surface area contributed by atoms with Crippen molar-refractivity contribution in [2.45, 2.75) is 38.1 Å². The lowest BCUT2D eigenvalue weighted by Crippen LogP contribution is -2.52. The summed E-state index contributed by atoms with van der Waals surface area (Å²) >= 11 is 9.22. The topological polar surface area (TPSA) is 29.1 Å². The molecule has 2 rings (SSSR count). The molecule has 20 heavy (non-hydrogen) atoms. The fourth-order valence-corrected chi connectivity index (χ4v) is 3.74. The lowest BCUT2D eigenvalue weighted by Gasteiger charge is -2.39. The fraction of sp³-hybridized carbons (Fsp3) is 0.533. The van der Waals surface area contributed by atoms with Crippen LogP contribution in [-0.4, -0.2) is 16.8 Å². The molecule has 1 aliphatic carbocycles. The number of hydrogen-bond acceptors (Lipinski definition) is 1. The normalized spacial score (nSPS) is 26.3. The minimum absolute atomic E-state index is 0.0102. The summed E-state index contributed by atoms with van der Waals surface area (Å²) in [7, 11) is 0. The van der Waals surface area contributed by atoms with Crippen LogP contribution in [0.1, 0.15) is 43.0 Å². The molecule has 1 amide bonds. The maximum atomic E-state index is 13.9. The number of halogens is 3. The highest BCUT2D eigenvalue weighted by atomic mass is 79.9. The molecule has 0 radical (unpaired) electrons. The Hall–Kier alpha value is -0.610. The molecule has 0 bridgehead atoms.